The van der Waals surface area contributed by atoms with Gasteiger partial charge < -0.3 is 5.11 Å². The van der Waals surface area contributed by atoms with E-state index in [1.165, 1.54) is 0 Å². The van der Waals surface area contributed by atoms with Gasteiger partial charge in [-0.1, -0.05) is 13.8 Å². The van der Waals surface area contributed by atoms with Crippen molar-refractivity contribution in [1.29, 1.82) is 0 Å². The van der Waals surface area contributed by atoms with Crippen LogP contribution >= 0.6 is 0 Å². The molecule has 1 atom stereocenters. The SMILES string of the molecule is CC(C)[C@@H](CO)NS(=O)(=O)c1ccc([N+](=O)[O-])cc1F. The number of hydrogen-bond donors (Lipinski definition) is 2. The Balaban J connectivity index is 3.13. The van der Waals surface area contributed by atoms with E-state index in [2.05, 4.69) is 4.72 Å². The molecule has 7 nitrogen and oxygen atoms in total. The van der Waals surface area contributed by atoms with Gasteiger partial charge in [0.1, 0.15) is 10.7 Å². The van der Waals surface area contributed by atoms with E-state index in [1.807, 2.05) is 0 Å². The summed E-state index contributed by atoms with van der Waals surface area (Å²) in [6.45, 7) is 2.94. The molecule has 1 aromatic carbocycles. The van der Waals surface area contributed by atoms with Crippen molar-refractivity contribution in [2.24, 2.45) is 5.92 Å². The van der Waals surface area contributed by atoms with Crippen LogP contribution in [0.25, 0.3) is 0 Å². The van der Waals surface area contributed by atoms with Gasteiger partial charge in [0.25, 0.3) is 5.69 Å². The van der Waals surface area contributed by atoms with Crippen LogP contribution in [0.1, 0.15) is 13.8 Å². The molecule has 1 aromatic rings. The second kappa shape index (κ2) is 6.25. The molecule has 0 saturated carbocycles. The summed E-state index contributed by atoms with van der Waals surface area (Å²) < 4.78 is 39.8. The molecule has 0 aliphatic heterocycles. The highest BCUT2D eigenvalue weighted by Gasteiger charge is 2.25. The van der Waals surface area contributed by atoms with E-state index in [1.54, 1.807) is 13.8 Å². The number of benzene rings is 1. The molecule has 0 spiro atoms. The number of nitro benzene ring substituents is 1. The number of halogens is 1. The average molecular weight is 306 g/mol. The van der Waals surface area contributed by atoms with Crippen LogP contribution in [-0.4, -0.2) is 31.1 Å². The smallest absolute Gasteiger partial charge is 0.272 e. The topological polar surface area (TPSA) is 110 Å². The molecular weight excluding hydrogens is 291 g/mol. The van der Waals surface area contributed by atoms with Gasteiger partial charge >= 0.3 is 0 Å². The molecular formula is C11H15FN2O5S. The maximum atomic E-state index is 13.7. The van der Waals surface area contributed by atoms with E-state index in [9.17, 15) is 22.9 Å². The van der Waals surface area contributed by atoms with E-state index in [0.717, 1.165) is 12.1 Å². The molecule has 0 amide bonds. The number of nitrogens with zero attached hydrogens (tertiary/aromatic N) is 1. The number of nitrogens with one attached hydrogen (secondary N) is 1. The van der Waals surface area contributed by atoms with Gasteiger partial charge in [-0.3, -0.25) is 10.1 Å². The highest BCUT2D eigenvalue weighted by Crippen LogP contribution is 2.21. The fourth-order valence-electron chi connectivity index (χ4n) is 1.47. The number of hydrogen-bond acceptors (Lipinski definition) is 5. The molecule has 0 heterocycles. The Bertz CT molecular complexity index is 603. The molecule has 0 radical (unpaired) electrons. The number of rotatable bonds is 6. The number of non-ortho nitro benzene ring substituents is 1. The van der Waals surface area contributed by atoms with Crippen molar-refractivity contribution in [3.63, 3.8) is 0 Å². The summed E-state index contributed by atoms with van der Waals surface area (Å²) >= 11 is 0. The zero-order chi connectivity index (χ0) is 15.5. The molecule has 0 aliphatic rings. The Morgan fingerprint density at radius 2 is 2.05 bits per heavy atom. The van der Waals surface area contributed by atoms with Crippen molar-refractivity contribution >= 4 is 15.7 Å². The molecule has 0 bridgehead atoms. The van der Waals surface area contributed by atoms with Crippen LogP contribution in [0.4, 0.5) is 10.1 Å². The van der Waals surface area contributed by atoms with Crippen molar-refractivity contribution in [1.82, 2.24) is 4.72 Å². The third-order valence-electron chi connectivity index (χ3n) is 2.72. The summed E-state index contributed by atoms with van der Waals surface area (Å²) in [5.74, 6) is -1.41. The Labute approximate surface area is 115 Å². The Kier molecular flexibility index (Phi) is 5.15. The Morgan fingerprint density at radius 1 is 1.45 bits per heavy atom. The summed E-state index contributed by atoms with van der Waals surface area (Å²) in [7, 11) is -4.20. The minimum atomic E-state index is -4.20. The van der Waals surface area contributed by atoms with Crippen molar-refractivity contribution in [2.75, 3.05) is 6.61 Å². The minimum Gasteiger partial charge on any atom is -0.395 e. The molecule has 9 heteroatoms. The summed E-state index contributed by atoms with van der Waals surface area (Å²) in [5.41, 5.74) is -0.538. The van der Waals surface area contributed by atoms with Crippen LogP contribution in [-0.2, 0) is 10.0 Å². The number of aliphatic hydroxyl groups excluding tert-OH is 1. The summed E-state index contributed by atoms with van der Waals surface area (Å²) in [6, 6.07) is 1.50. The minimum absolute atomic E-state index is 0.198. The van der Waals surface area contributed by atoms with Crippen molar-refractivity contribution in [3.05, 3.63) is 34.1 Å². The Hall–Kier alpha value is -1.58. The third kappa shape index (κ3) is 3.71. The van der Waals surface area contributed by atoms with Gasteiger partial charge in [0.2, 0.25) is 10.0 Å². The lowest BCUT2D eigenvalue weighted by atomic mass is 10.1. The first-order chi connectivity index (χ1) is 9.19. The Morgan fingerprint density at radius 3 is 2.45 bits per heavy atom. The first-order valence-electron chi connectivity index (χ1n) is 5.76. The molecule has 0 aliphatic carbocycles. The number of aliphatic hydroxyl groups is 1. The van der Waals surface area contributed by atoms with Gasteiger partial charge in [-0.15, -0.1) is 0 Å². The van der Waals surface area contributed by atoms with Gasteiger partial charge in [0.05, 0.1) is 17.6 Å². The maximum absolute atomic E-state index is 13.7. The van der Waals surface area contributed by atoms with Gasteiger partial charge in [0, 0.05) is 12.1 Å². The molecule has 2 N–H and O–H groups in total. The van der Waals surface area contributed by atoms with E-state index < -0.39 is 44.0 Å². The second-order valence-electron chi connectivity index (χ2n) is 4.53. The van der Waals surface area contributed by atoms with Crippen LogP contribution in [0, 0.1) is 21.8 Å². The van der Waals surface area contributed by atoms with E-state index in [-0.39, 0.29) is 5.92 Å². The largest absolute Gasteiger partial charge is 0.395 e. The lowest BCUT2D eigenvalue weighted by Crippen LogP contribution is -2.41. The van der Waals surface area contributed by atoms with Crippen LogP contribution in [0.3, 0.4) is 0 Å². The highest BCUT2D eigenvalue weighted by atomic mass is 32.2. The van der Waals surface area contributed by atoms with Crippen LogP contribution in [0.2, 0.25) is 0 Å². The van der Waals surface area contributed by atoms with Crippen molar-refractivity contribution in [2.45, 2.75) is 24.8 Å². The lowest BCUT2D eigenvalue weighted by Gasteiger charge is -2.19. The lowest BCUT2D eigenvalue weighted by molar-refractivity contribution is -0.385. The molecule has 20 heavy (non-hydrogen) atoms. The number of sulfonamides is 1. The summed E-state index contributed by atoms with van der Waals surface area (Å²) in [5, 5.41) is 19.6. The predicted molar refractivity (Wildman–Crippen MR) is 69.1 cm³/mol. The van der Waals surface area contributed by atoms with Gasteiger partial charge in [-0.25, -0.2) is 17.5 Å². The molecule has 0 aromatic heterocycles. The van der Waals surface area contributed by atoms with Gasteiger partial charge in [0.15, 0.2) is 0 Å². The predicted octanol–water partition coefficient (Wildman–Crippen LogP) is 1.03. The standard InChI is InChI=1S/C11H15FN2O5S/c1-7(2)10(6-15)13-20(18,19)11-4-3-8(14(16)17)5-9(11)12/h3-5,7,10,13,15H,6H2,1-2H3/t10-/m1/s1. The van der Waals surface area contributed by atoms with E-state index in [4.69, 9.17) is 5.11 Å². The van der Waals surface area contributed by atoms with Crippen LogP contribution in [0.15, 0.2) is 23.1 Å². The van der Waals surface area contributed by atoms with Gasteiger partial charge in [-0.2, -0.15) is 0 Å². The van der Waals surface area contributed by atoms with Crippen molar-refractivity contribution in [3.8, 4) is 0 Å². The summed E-state index contributed by atoms with van der Waals surface area (Å²) in [4.78, 5) is 8.95. The monoisotopic (exact) mass is 306 g/mol. The fraction of sp³-hybridized carbons (Fsp3) is 0.455. The quantitative estimate of drug-likeness (QED) is 0.602. The maximum Gasteiger partial charge on any atom is 0.272 e. The van der Waals surface area contributed by atoms with E-state index in [0.29, 0.717) is 6.07 Å². The molecule has 1 rings (SSSR count). The van der Waals surface area contributed by atoms with Crippen LogP contribution < -0.4 is 4.72 Å². The first kappa shape index (κ1) is 16.5. The van der Waals surface area contributed by atoms with Crippen LogP contribution in [0.5, 0.6) is 0 Å². The highest BCUT2D eigenvalue weighted by molar-refractivity contribution is 7.89. The number of nitro groups is 1. The third-order valence-corrected chi connectivity index (χ3v) is 4.25. The zero-order valence-electron chi connectivity index (χ0n) is 10.9. The zero-order valence-corrected chi connectivity index (χ0v) is 11.7. The second-order valence-corrected chi connectivity index (χ2v) is 6.21. The molecule has 0 saturated heterocycles. The van der Waals surface area contributed by atoms with Crippen molar-refractivity contribution < 1.29 is 22.8 Å². The molecule has 112 valence electrons. The summed E-state index contributed by atoms with van der Waals surface area (Å²) in [6.07, 6.45) is 0. The molecule has 0 fully saturated rings. The fourth-order valence-corrected chi connectivity index (χ4v) is 2.90. The van der Waals surface area contributed by atoms with E-state index >= 15 is 0 Å². The first-order valence-corrected chi connectivity index (χ1v) is 7.24. The molecule has 0 unspecified atom stereocenters. The van der Waals surface area contributed by atoms with Gasteiger partial charge in [-0.05, 0) is 12.0 Å². The average Bonchev–Trinajstić information content (AvgIpc) is 2.35. The normalized spacial score (nSPS) is 13.4.